The number of hydrogen-bond acceptors (Lipinski definition) is 4. The highest BCUT2D eigenvalue weighted by atomic mass is 32.2. The molecule has 1 saturated carbocycles. The van der Waals surface area contributed by atoms with Crippen molar-refractivity contribution in [3.63, 3.8) is 0 Å². The number of nitrogens with one attached hydrogen (secondary N) is 1. The fourth-order valence-corrected chi connectivity index (χ4v) is 3.60. The number of benzene rings is 1. The Morgan fingerprint density at radius 3 is 2.60 bits per heavy atom. The second-order valence-electron chi connectivity index (χ2n) is 5.58. The monoisotopic (exact) mass is 290 g/mol. The van der Waals surface area contributed by atoms with Crippen LogP contribution >= 0.6 is 11.8 Å². The van der Waals surface area contributed by atoms with Gasteiger partial charge in [-0.05, 0) is 31.6 Å². The van der Waals surface area contributed by atoms with E-state index in [1.165, 1.54) is 0 Å². The molecule has 1 fully saturated rings. The summed E-state index contributed by atoms with van der Waals surface area (Å²) >= 11 is 1.68. The lowest BCUT2D eigenvalue weighted by atomic mass is 9.62. The van der Waals surface area contributed by atoms with Crippen molar-refractivity contribution in [1.82, 2.24) is 5.32 Å². The van der Waals surface area contributed by atoms with Gasteiger partial charge in [-0.3, -0.25) is 0 Å². The van der Waals surface area contributed by atoms with Gasteiger partial charge in [0, 0.05) is 17.3 Å². The summed E-state index contributed by atoms with van der Waals surface area (Å²) in [6.45, 7) is 2.29. The zero-order valence-corrected chi connectivity index (χ0v) is 12.9. The standard InChI is InChI=1S/C16H22N2OS/c1-12(15(10-19)20-2)18-14-8-16(9-14,11-17)13-6-4-3-5-7-13/h3-7,12,14-15,18-19H,8-10H2,1-2H3. The Kier molecular flexibility index (Phi) is 5.09. The minimum atomic E-state index is -0.327. The van der Waals surface area contributed by atoms with Gasteiger partial charge in [0.1, 0.15) is 0 Å². The topological polar surface area (TPSA) is 56.0 Å². The van der Waals surface area contributed by atoms with Crippen molar-refractivity contribution in [2.45, 2.75) is 42.5 Å². The third kappa shape index (κ3) is 3.01. The molecule has 0 heterocycles. The van der Waals surface area contributed by atoms with Gasteiger partial charge >= 0.3 is 0 Å². The van der Waals surface area contributed by atoms with Crippen LogP contribution in [-0.2, 0) is 5.41 Å². The molecule has 0 amide bonds. The summed E-state index contributed by atoms with van der Waals surface area (Å²) in [5, 5.41) is 22.6. The molecule has 0 aliphatic heterocycles. The van der Waals surface area contributed by atoms with Gasteiger partial charge < -0.3 is 10.4 Å². The lowest BCUT2D eigenvalue weighted by Crippen LogP contribution is -2.55. The molecule has 0 radical (unpaired) electrons. The van der Waals surface area contributed by atoms with Gasteiger partial charge in [0.15, 0.2) is 0 Å². The Hall–Kier alpha value is -1.02. The van der Waals surface area contributed by atoms with Crippen LogP contribution in [0.15, 0.2) is 30.3 Å². The molecule has 2 rings (SSSR count). The van der Waals surface area contributed by atoms with Crippen LogP contribution in [0.1, 0.15) is 25.3 Å². The largest absolute Gasteiger partial charge is 0.395 e. The van der Waals surface area contributed by atoms with Crippen molar-refractivity contribution in [3.8, 4) is 6.07 Å². The molecule has 1 aromatic rings. The number of nitrogens with zero attached hydrogens (tertiary/aromatic N) is 1. The van der Waals surface area contributed by atoms with Crippen LogP contribution in [0.25, 0.3) is 0 Å². The first-order valence-corrected chi connectivity index (χ1v) is 8.30. The van der Waals surface area contributed by atoms with Gasteiger partial charge in [-0.25, -0.2) is 0 Å². The van der Waals surface area contributed by atoms with E-state index in [0.717, 1.165) is 18.4 Å². The molecule has 2 unspecified atom stereocenters. The maximum absolute atomic E-state index is 9.52. The highest BCUT2D eigenvalue weighted by Gasteiger charge is 2.46. The number of aliphatic hydroxyl groups is 1. The summed E-state index contributed by atoms with van der Waals surface area (Å²) in [4.78, 5) is 0. The normalized spacial score (nSPS) is 28.2. The molecular weight excluding hydrogens is 268 g/mol. The second-order valence-corrected chi connectivity index (χ2v) is 6.65. The van der Waals surface area contributed by atoms with Gasteiger partial charge in [0.25, 0.3) is 0 Å². The van der Waals surface area contributed by atoms with E-state index in [9.17, 15) is 10.4 Å². The maximum Gasteiger partial charge on any atom is 0.0852 e. The zero-order chi connectivity index (χ0) is 14.6. The zero-order valence-electron chi connectivity index (χ0n) is 12.0. The van der Waals surface area contributed by atoms with Gasteiger partial charge in [0.2, 0.25) is 0 Å². The van der Waals surface area contributed by atoms with Crippen LogP contribution in [0.3, 0.4) is 0 Å². The van der Waals surface area contributed by atoms with Crippen LogP contribution in [0.4, 0.5) is 0 Å². The molecule has 3 nitrogen and oxygen atoms in total. The first kappa shape index (κ1) is 15.4. The van der Waals surface area contributed by atoms with E-state index in [2.05, 4.69) is 18.3 Å². The van der Waals surface area contributed by atoms with E-state index in [0.29, 0.717) is 6.04 Å². The lowest BCUT2D eigenvalue weighted by molar-refractivity contribution is 0.198. The van der Waals surface area contributed by atoms with Crippen molar-refractivity contribution in [3.05, 3.63) is 35.9 Å². The van der Waals surface area contributed by atoms with Crippen LogP contribution < -0.4 is 5.32 Å². The summed E-state index contributed by atoms with van der Waals surface area (Å²) in [5.41, 5.74) is 0.795. The van der Waals surface area contributed by atoms with Crippen molar-refractivity contribution in [2.24, 2.45) is 0 Å². The predicted molar refractivity (Wildman–Crippen MR) is 83.7 cm³/mol. The minimum absolute atomic E-state index is 0.185. The molecule has 4 heteroatoms. The summed E-state index contributed by atoms with van der Waals surface area (Å²) in [5.74, 6) is 0. The number of hydrogen-bond donors (Lipinski definition) is 2. The molecule has 1 aliphatic rings. The summed E-state index contributed by atoms with van der Waals surface area (Å²) in [6.07, 6.45) is 3.72. The van der Waals surface area contributed by atoms with Crippen molar-refractivity contribution < 1.29 is 5.11 Å². The predicted octanol–water partition coefficient (Wildman–Crippen LogP) is 2.31. The molecule has 2 atom stereocenters. The van der Waals surface area contributed by atoms with Gasteiger partial charge in [-0.15, -0.1) is 0 Å². The first-order chi connectivity index (χ1) is 9.65. The molecule has 0 saturated heterocycles. The van der Waals surface area contributed by atoms with Crippen LogP contribution in [0, 0.1) is 11.3 Å². The van der Waals surface area contributed by atoms with Crippen LogP contribution in [0.5, 0.6) is 0 Å². The third-order valence-corrected chi connectivity index (χ3v) is 5.43. The van der Waals surface area contributed by atoms with E-state index in [4.69, 9.17) is 0 Å². The molecule has 2 N–H and O–H groups in total. The number of rotatable bonds is 6. The molecular formula is C16H22N2OS. The van der Waals surface area contributed by atoms with Gasteiger partial charge in [-0.1, -0.05) is 30.3 Å². The second kappa shape index (κ2) is 6.62. The fourth-order valence-electron chi connectivity index (χ4n) is 2.96. The van der Waals surface area contributed by atoms with Crippen molar-refractivity contribution in [2.75, 3.05) is 12.9 Å². The molecule has 1 aromatic carbocycles. The average molecular weight is 290 g/mol. The lowest BCUT2D eigenvalue weighted by Gasteiger charge is -2.45. The quantitative estimate of drug-likeness (QED) is 0.844. The smallest absolute Gasteiger partial charge is 0.0852 e. The highest BCUT2D eigenvalue weighted by molar-refractivity contribution is 7.99. The highest BCUT2D eigenvalue weighted by Crippen LogP contribution is 2.43. The van der Waals surface area contributed by atoms with Gasteiger partial charge in [-0.2, -0.15) is 17.0 Å². The Morgan fingerprint density at radius 2 is 2.10 bits per heavy atom. The van der Waals surface area contributed by atoms with Crippen LogP contribution in [0.2, 0.25) is 0 Å². The fraction of sp³-hybridized carbons (Fsp3) is 0.562. The van der Waals surface area contributed by atoms with Crippen molar-refractivity contribution in [1.29, 1.82) is 5.26 Å². The summed E-state index contributed by atoms with van der Waals surface area (Å²) in [6, 6.07) is 13.2. The van der Waals surface area contributed by atoms with Gasteiger partial charge in [0.05, 0.1) is 18.1 Å². The van der Waals surface area contributed by atoms with E-state index >= 15 is 0 Å². The van der Waals surface area contributed by atoms with E-state index < -0.39 is 0 Å². The summed E-state index contributed by atoms with van der Waals surface area (Å²) in [7, 11) is 0. The Balaban J connectivity index is 1.94. The van der Waals surface area contributed by atoms with E-state index in [1.54, 1.807) is 11.8 Å². The third-order valence-electron chi connectivity index (χ3n) is 4.27. The number of thioether (sulfide) groups is 1. The Labute approximate surface area is 125 Å². The number of nitriles is 1. The molecule has 1 aliphatic carbocycles. The summed E-state index contributed by atoms with van der Waals surface area (Å²) < 4.78 is 0. The molecule has 0 spiro atoms. The first-order valence-electron chi connectivity index (χ1n) is 7.01. The Bertz CT molecular complexity index is 461. The Morgan fingerprint density at radius 1 is 1.45 bits per heavy atom. The van der Waals surface area contributed by atoms with Crippen molar-refractivity contribution >= 4 is 11.8 Å². The molecule has 0 aromatic heterocycles. The van der Waals surface area contributed by atoms with E-state index in [1.807, 2.05) is 36.6 Å². The SMILES string of the molecule is CSC(CO)C(C)NC1CC(C#N)(c2ccccc2)C1. The minimum Gasteiger partial charge on any atom is -0.395 e. The molecule has 108 valence electrons. The van der Waals surface area contributed by atoms with Crippen LogP contribution in [-0.4, -0.2) is 35.3 Å². The molecule has 0 bridgehead atoms. The average Bonchev–Trinajstić information content (AvgIpc) is 2.44. The number of aliphatic hydroxyl groups excluding tert-OH is 1. The maximum atomic E-state index is 9.52. The van der Waals surface area contributed by atoms with E-state index in [-0.39, 0.29) is 23.3 Å². The molecule has 20 heavy (non-hydrogen) atoms.